The van der Waals surface area contributed by atoms with Gasteiger partial charge in [-0.3, -0.25) is 4.90 Å². The third-order valence-electron chi connectivity index (χ3n) is 5.75. The number of tetrazole rings is 1. The van der Waals surface area contributed by atoms with Gasteiger partial charge in [-0.05, 0) is 60.2 Å². The number of carbonyl (C=O) groups is 2. The maximum Gasteiger partial charge on any atom is 0.377 e. The first-order valence-corrected chi connectivity index (χ1v) is 11.9. The first kappa shape index (κ1) is 27.0. The lowest BCUT2D eigenvalue weighted by molar-refractivity contribution is 0.0472. The molecule has 0 aliphatic carbocycles. The Morgan fingerprint density at radius 3 is 2.33 bits per heavy atom. The van der Waals surface area contributed by atoms with Crippen molar-refractivity contribution in [3.63, 3.8) is 0 Å². The Labute approximate surface area is 222 Å². The van der Waals surface area contributed by atoms with Gasteiger partial charge in [-0.15, -0.1) is 4.68 Å². The number of esters is 1. The van der Waals surface area contributed by atoms with Crippen LogP contribution in [0, 0.1) is 5.82 Å². The predicted molar refractivity (Wildman–Crippen MR) is 139 cm³/mol. The summed E-state index contributed by atoms with van der Waals surface area (Å²) in [5.41, 5.74) is -0.149. The summed E-state index contributed by atoms with van der Waals surface area (Å²) < 4.78 is 31.7. The van der Waals surface area contributed by atoms with Gasteiger partial charge < -0.3 is 14.2 Å². The number of rotatable bonds is 8. The van der Waals surface area contributed by atoms with Gasteiger partial charge in [0.15, 0.2) is 5.82 Å². The second-order valence-electron chi connectivity index (χ2n) is 8.57. The Hall–Kier alpha value is -5.00. The van der Waals surface area contributed by atoms with Crippen LogP contribution in [0.25, 0.3) is 5.69 Å². The highest BCUT2D eigenvalue weighted by Crippen LogP contribution is 2.32. The predicted octanol–water partition coefficient (Wildman–Crippen LogP) is 3.83. The van der Waals surface area contributed by atoms with Gasteiger partial charge in [-0.1, -0.05) is 36.4 Å². The highest BCUT2D eigenvalue weighted by Gasteiger charge is 2.29. The van der Waals surface area contributed by atoms with Gasteiger partial charge in [0.25, 0.3) is 0 Å². The van der Waals surface area contributed by atoms with Crippen molar-refractivity contribution in [2.75, 3.05) is 19.1 Å². The third-order valence-corrected chi connectivity index (χ3v) is 5.75. The molecule has 0 N–H and O–H groups in total. The van der Waals surface area contributed by atoms with Crippen LogP contribution in [0.5, 0.6) is 11.5 Å². The minimum absolute atomic E-state index is 0.0284. The van der Waals surface area contributed by atoms with Crippen molar-refractivity contribution in [1.82, 2.24) is 19.8 Å². The molecule has 0 atom stereocenters. The monoisotopic (exact) mass is 535 g/mol. The zero-order chi connectivity index (χ0) is 28.1. The van der Waals surface area contributed by atoms with Gasteiger partial charge >= 0.3 is 17.7 Å². The zero-order valence-electron chi connectivity index (χ0n) is 21.7. The van der Waals surface area contributed by atoms with Crippen molar-refractivity contribution >= 4 is 17.7 Å². The van der Waals surface area contributed by atoms with Crippen LogP contribution < -0.4 is 20.1 Å². The summed E-state index contributed by atoms with van der Waals surface area (Å²) in [4.78, 5) is 40.8. The lowest BCUT2D eigenvalue weighted by atomic mass is 10.1. The number of para-hydroxylation sites is 1. The summed E-state index contributed by atoms with van der Waals surface area (Å²) in [6.07, 6.45) is 0. The van der Waals surface area contributed by atoms with Crippen molar-refractivity contribution in [2.45, 2.75) is 26.5 Å². The Morgan fingerprint density at radius 2 is 1.67 bits per heavy atom. The Kier molecular flexibility index (Phi) is 8.04. The molecule has 0 bridgehead atoms. The van der Waals surface area contributed by atoms with E-state index in [0.717, 1.165) is 11.6 Å². The van der Waals surface area contributed by atoms with E-state index in [-0.39, 0.29) is 35.0 Å². The topological polar surface area (TPSA) is 118 Å². The number of amides is 1. The molecule has 0 fully saturated rings. The summed E-state index contributed by atoms with van der Waals surface area (Å²) >= 11 is 0. The molecular weight excluding hydrogens is 509 g/mol. The number of ether oxygens (including phenoxy) is 3. The van der Waals surface area contributed by atoms with Gasteiger partial charge in [0.1, 0.15) is 23.8 Å². The second kappa shape index (κ2) is 11.6. The third kappa shape index (κ3) is 5.49. The van der Waals surface area contributed by atoms with Crippen molar-refractivity contribution in [1.29, 1.82) is 0 Å². The number of halogens is 1. The van der Waals surface area contributed by atoms with Crippen LogP contribution in [0.15, 0.2) is 71.5 Å². The fourth-order valence-electron chi connectivity index (χ4n) is 3.89. The summed E-state index contributed by atoms with van der Waals surface area (Å²) in [5.74, 6) is -1.12. The summed E-state index contributed by atoms with van der Waals surface area (Å²) in [5, 5.41) is 7.38. The molecule has 4 aromatic rings. The molecule has 1 aromatic heterocycles. The van der Waals surface area contributed by atoms with Gasteiger partial charge in [0, 0.05) is 6.04 Å². The SMILES string of the molecule is COc1ccc(C(=O)OCc2ccccc2)cc1N(C(=O)n1nnn(-c2c(F)cccc2OC)c1=O)C(C)C. The van der Waals surface area contributed by atoms with Crippen LogP contribution in [0.1, 0.15) is 29.8 Å². The number of methoxy groups -OCH3 is 2. The molecule has 3 aromatic carbocycles. The largest absolute Gasteiger partial charge is 0.495 e. The Morgan fingerprint density at radius 1 is 0.949 bits per heavy atom. The van der Waals surface area contributed by atoms with E-state index in [1.54, 1.807) is 13.8 Å². The van der Waals surface area contributed by atoms with Gasteiger partial charge in [-0.25, -0.2) is 18.8 Å². The smallest absolute Gasteiger partial charge is 0.377 e. The Balaban J connectivity index is 1.70. The average Bonchev–Trinajstić information content (AvgIpc) is 3.32. The minimum atomic E-state index is -1.02. The van der Waals surface area contributed by atoms with Crippen LogP contribution in [-0.4, -0.2) is 52.1 Å². The Bertz CT molecular complexity index is 1550. The number of anilines is 1. The minimum Gasteiger partial charge on any atom is -0.495 e. The van der Waals surface area contributed by atoms with E-state index >= 15 is 0 Å². The van der Waals surface area contributed by atoms with Crippen molar-refractivity contribution in [3.8, 4) is 17.2 Å². The number of nitrogens with zero attached hydrogens (tertiary/aromatic N) is 5. The molecule has 39 heavy (non-hydrogen) atoms. The number of benzene rings is 3. The number of carbonyl (C=O) groups excluding carboxylic acids is 2. The van der Waals surface area contributed by atoms with Crippen LogP contribution in [0.4, 0.5) is 14.9 Å². The molecule has 0 aliphatic heterocycles. The van der Waals surface area contributed by atoms with E-state index < -0.39 is 29.5 Å². The molecule has 0 saturated heterocycles. The normalized spacial score (nSPS) is 10.8. The van der Waals surface area contributed by atoms with Crippen LogP contribution >= 0.6 is 0 Å². The molecule has 0 radical (unpaired) electrons. The number of hydrogen-bond donors (Lipinski definition) is 0. The van der Waals surface area contributed by atoms with Gasteiger partial charge in [0.05, 0.1) is 25.5 Å². The molecule has 202 valence electrons. The standard InChI is InChI=1S/C27H26FN5O6/c1-17(2)31(26(35)33-27(36)32(29-30-33)24-20(28)11-8-12-23(24)38-4)21-15-19(13-14-22(21)37-3)25(34)39-16-18-9-6-5-7-10-18/h5-15,17H,16H2,1-4H3. The van der Waals surface area contributed by atoms with E-state index in [9.17, 15) is 18.8 Å². The molecule has 1 amide bonds. The molecule has 12 heteroatoms. The van der Waals surface area contributed by atoms with E-state index in [2.05, 4.69) is 10.4 Å². The average molecular weight is 536 g/mol. The molecule has 4 rings (SSSR count). The fraction of sp³-hybridized carbons (Fsp3) is 0.222. The quantitative estimate of drug-likeness (QED) is 0.247. The summed E-state index contributed by atoms with van der Waals surface area (Å²) in [6.45, 7) is 3.46. The van der Waals surface area contributed by atoms with Gasteiger partial charge in [-0.2, -0.15) is 4.68 Å². The van der Waals surface area contributed by atoms with Gasteiger partial charge in [0.2, 0.25) is 0 Å². The molecule has 0 spiro atoms. The lowest BCUT2D eigenvalue weighted by Gasteiger charge is -2.27. The first-order chi connectivity index (χ1) is 18.8. The van der Waals surface area contributed by atoms with Crippen LogP contribution in [0.3, 0.4) is 0 Å². The molecule has 0 unspecified atom stereocenters. The summed E-state index contributed by atoms with van der Waals surface area (Å²) in [7, 11) is 2.71. The number of hydrogen-bond acceptors (Lipinski definition) is 8. The fourth-order valence-corrected chi connectivity index (χ4v) is 3.89. The molecule has 0 aliphatic rings. The maximum atomic E-state index is 14.6. The van der Waals surface area contributed by atoms with Crippen molar-refractivity contribution in [2.24, 2.45) is 0 Å². The van der Waals surface area contributed by atoms with E-state index in [1.165, 1.54) is 49.5 Å². The van der Waals surface area contributed by atoms with Crippen LogP contribution in [-0.2, 0) is 11.3 Å². The lowest BCUT2D eigenvalue weighted by Crippen LogP contribution is -2.45. The number of aromatic nitrogens is 4. The molecule has 0 saturated carbocycles. The van der Waals surface area contributed by atoms with Crippen molar-refractivity contribution < 1.29 is 28.2 Å². The second-order valence-corrected chi connectivity index (χ2v) is 8.57. The van der Waals surface area contributed by atoms with E-state index in [0.29, 0.717) is 9.36 Å². The van der Waals surface area contributed by atoms with Crippen molar-refractivity contribution in [3.05, 3.63) is 94.2 Å². The van der Waals surface area contributed by atoms with E-state index in [4.69, 9.17) is 14.2 Å². The highest BCUT2D eigenvalue weighted by atomic mass is 19.1. The first-order valence-electron chi connectivity index (χ1n) is 11.9. The molecule has 1 heterocycles. The molecular formula is C27H26FN5O6. The highest BCUT2D eigenvalue weighted by molar-refractivity contribution is 5.98. The summed E-state index contributed by atoms with van der Waals surface area (Å²) in [6, 6.07) is 16.2. The zero-order valence-corrected chi connectivity index (χ0v) is 21.7. The molecule has 11 nitrogen and oxygen atoms in total. The maximum absolute atomic E-state index is 14.6. The van der Waals surface area contributed by atoms with E-state index in [1.807, 2.05) is 30.3 Å². The van der Waals surface area contributed by atoms with Crippen LogP contribution in [0.2, 0.25) is 0 Å².